The van der Waals surface area contributed by atoms with Crippen molar-refractivity contribution in [2.45, 2.75) is 12.5 Å². The first-order chi connectivity index (χ1) is 10.6. The molecular weight excluding hydrogens is 350 g/mol. The van der Waals surface area contributed by atoms with Gasteiger partial charge in [-0.1, -0.05) is 34.1 Å². The predicted molar refractivity (Wildman–Crippen MR) is 83.5 cm³/mol. The highest BCUT2D eigenvalue weighted by molar-refractivity contribution is 9.10. The first-order valence-electron chi connectivity index (χ1n) is 6.76. The molecule has 110 valence electrons. The summed E-state index contributed by atoms with van der Waals surface area (Å²) in [5.41, 5.74) is 1.05. The molecule has 1 heterocycles. The van der Waals surface area contributed by atoms with Crippen molar-refractivity contribution in [2.75, 3.05) is 0 Å². The number of nitrogens with zero attached hydrogens (tertiary/aromatic N) is 2. The third-order valence-electron chi connectivity index (χ3n) is 3.72. The van der Waals surface area contributed by atoms with Gasteiger partial charge in [-0.2, -0.15) is 5.26 Å². The maximum Gasteiger partial charge on any atom is 0.135 e. The molecule has 0 aliphatic carbocycles. The van der Waals surface area contributed by atoms with Crippen LogP contribution in [-0.4, -0.2) is 5.71 Å². The molecule has 1 aliphatic heterocycles. The molecule has 0 fully saturated rings. The molecular formula is C17H11BrF2N2. The highest BCUT2D eigenvalue weighted by atomic mass is 79.9. The van der Waals surface area contributed by atoms with Gasteiger partial charge in [-0.05, 0) is 29.8 Å². The Morgan fingerprint density at radius 2 is 1.73 bits per heavy atom. The standard InChI is InChI=1S/C17H11BrF2N2/c18-12-6-4-10(5-7-12)17-11(9-21)8-15(22-17)16-13(19)2-1-3-14(16)20/h1-7,11,17H,8H2. The molecule has 2 unspecified atom stereocenters. The first kappa shape index (κ1) is 14.9. The average molecular weight is 361 g/mol. The third-order valence-corrected chi connectivity index (χ3v) is 4.25. The normalized spacial score (nSPS) is 20.5. The second-order valence-electron chi connectivity index (χ2n) is 5.11. The minimum Gasteiger partial charge on any atom is -0.279 e. The van der Waals surface area contributed by atoms with E-state index in [0.717, 1.165) is 10.0 Å². The number of nitriles is 1. The van der Waals surface area contributed by atoms with Crippen molar-refractivity contribution in [3.63, 3.8) is 0 Å². The average Bonchev–Trinajstić information content (AvgIpc) is 2.92. The van der Waals surface area contributed by atoms with Gasteiger partial charge >= 0.3 is 0 Å². The molecule has 22 heavy (non-hydrogen) atoms. The van der Waals surface area contributed by atoms with E-state index in [1.807, 2.05) is 24.3 Å². The summed E-state index contributed by atoms with van der Waals surface area (Å²) < 4.78 is 28.7. The van der Waals surface area contributed by atoms with Crippen LogP contribution in [0.1, 0.15) is 23.6 Å². The number of aliphatic imine (C=N–C) groups is 1. The minimum absolute atomic E-state index is 0.123. The van der Waals surface area contributed by atoms with E-state index < -0.39 is 23.6 Å². The number of halogens is 3. The van der Waals surface area contributed by atoms with Crippen LogP contribution in [0.15, 0.2) is 51.9 Å². The lowest BCUT2D eigenvalue weighted by atomic mass is 9.93. The van der Waals surface area contributed by atoms with Crippen molar-refractivity contribution >= 4 is 21.6 Å². The maximum absolute atomic E-state index is 13.9. The van der Waals surface area contributed by atoms with Crippen molar-refractivity contribution in [1.82, 2.24) is 0 Å². The van der Waals surface area contributed by atoms with E-state index in [9.17, 15) is 14.0 Å². The summed E-state index contributed by atoms with van der Waals surface area (Å²) in [5.74, 6) is -1.71. The lowest BCUT2D eigenvalue weighted by molar-refractivity contribution is 0.577. The van der Waals surface area contributed by atoms with Gasteiger partial charge in [-0.15, -0.1) is 0 Å². The monoisotopic (exact) mass is 360 g/mol. The van der Waals surface area contributed by atoms with Gasteiger partial charge in [0.2, 0.25) is 0 Å². The van der Waals surface area contributed by atoms with Crippen LogP contribution in [0.4, 0.5) is 8.78 Å². The number of benzene rings is 2. The molecule has 0 aromatic heterocycles. The maximum atomic E-state index is 13.9. The van der Waals surface area contributed by atoms with Crippen LogP contribution in [-0.2, 0) is 0 Å². The second kappa shape index (κ2) is 5.98. The Bertz CT molecular complexity index is 758. The number of rotatable bonds is 2. The fourth-order valence-electron chi connectivity index (χ4n) is 2.65. The summed E-state index contributed by atoms with van der Waals surface area (Å²) in [6.07, 6.45) is 0.245. The molecule has 2 atom stereocenters. The van der Waals surface area contributed by atoms with E-state index in [1.54, 1.807) is 0 Å². The molecule has 0 amide bonds. The summed E-state index contributed by atoms with van der Waals surface area (Å²) in [4.78, 5) is 4.43. The fraction of sp³-hybridized carbons (Fsp3) is 0.176. The van der Waals surface area contributed by atoms with Crippen LogP contribution in [0.2, 0.25) is 0 Å². The van der Waals surface area contributed by atoms with Gasteiger partial charge in [0.1, 0.15) is 11.6 Å². The van der Waals surface area contributed by atoms with Gasteiger partial charge in [0.25, 0.3) is 0 Å². The predicted octanol–water partition coefficient (Wildman–Crippen LogP) is 4.80. The van der Waals surface area contributed by atoms with E-state index >= 15 is 0 Å². The Labute approximate surface area is 135 Å². The van der Waals surface area contributed by atoms with Crippen LogP contribution >= 0.6 is 15.9 Å². The van der Waals surface area contributed by atoms with Crippen molar-refractivity contribution in [2.24, 2.45) is 10.9 Å². The lowest BCUT2D eigenvalue weighted by Gasteiger charge is -2.11. The Morgan fingerprint density at radius 1 is 1.09 bits per heavy atom. The van der Waals surface area contributed by atoms with E-state index in [0.29, 0.717) is 5.71 Å². The van der Waals surface area contributed by atoms with E-state index in [4.69, 9.17) is 0 Å². The van der Waals surface area contributed by atoms with E-state index in [2.05, 4.69) is 27.0 Å². The highest BCUT2D eigenvalue weighted by Gasteiger charge is 2.33. The third kappa shape index (κ3) is 2.67. The van der Waals surface area contributed by atoms with Crippen molar-refractivity contribution in [3.8, 4) is 6.07 Å². The quantitative estimate of drug-likeness (QED) is 0.757. The van der Waals surface area contributed by atoms with E-state index in [1.165, 1.54) is 18.2 Å². The van der Waals surface area contributed by atoms with E-state index in [-0.39, 0.29) is 12.0 Å². The van der Waals surface area contributed by atoms with Crippen LogP contribution in [0, 0.1) is 28.9 Å². The molecule has 3 rings (SSSR count). The van der Waals surface area contributed by atoms with Crippen molar-refractivity contribution in [1.29, 1.82) is 5.26 Å². The van der Waals surface area contributed by atoms with Gasteiger partial charge in [-0.3, -0.25) is 4.99 Å². The molecule has 0 spiro atoms. The zero-order chi connectivity index (χ0) is 15.7. The van der Waals surface area contributed by atoms with Crippen LogP contribution in [0.25, 0.3) is 0 Å². The summed E-state index contributed by atoms with van der Waals surface area (Å²) in [6, 6.07) is 13.0. The lowest BCUT2D eigenvalue weighted by Crippen LogP contribution is -2.07. The van der Waals surface area contributed by atoms with Crippen LogP contribution in [0.3, 0.4) is 0 Å². The largest absolute Gasteiger partial charge is 0.279 e. The van der Waals surface area contributed by atoms with Crippen molar-refractivity contribution < 1.29 is 8.78 Å². The molecule has 0 saturated carbocycles. The van der Waals surface area contributed by atoms with Gasteiger partial charge in [0.15, 0.2) is 0 Å². The Balaban J connectivity index is 2.03. The molecule has 2 aromatic carbocycles. The first-order valence-corrected chi connectivity index (χ1v) is 7.55. The number of hydrogen-bond acceptors (Lipinski definition) is 2. The van der Waals surface area contributed by atoms with Gasteiger partial charge in [0, 0.05) is 10.9 Å². The molecule has 0 bridgehead atoms. The summed E-state index contributed by atoms with van der Waals surface area (Å²) >= 11 is 3.35. The van der Waals surface area contributed by atoms with Crippen molar-refractivity contribution in [3.05, 3.63) is 69.7 Å². The Morgan fingerprint density at radius 3 is 2.32 bits per heavy atom. The van der Waals surface area contributed by atoms with Crippen LogP contribution < -0.4 is 0 Å². The SMILES string of the molecule is N#CC1CC(c2c(F)cccc2F)=NC1c1ccc(Br)cc1. The zero-order valence-corrected chi connectivity index (χ0v) is 13.0. The minimum atomic E-state index is -0.646. The molecule has 0 saturated heterocycles. The molecule has 1 aliphatic rings. The van der Waals surface area contributed by atoms with Gasteiger partial charge in [-0.25, -0.2) is 8.78 Å². The summed E-state index contributed by atoms with van der Waals surface area (Å²) in [5, 5.41) is 9.34. The topological polar surface area (TPSA) is 36.1 Å². The molecule has 2 nitrogen and oxygen atoms in total. The van der Waals surface area contributed by atoms with Gasteiger partial charge < -0.3 is 0 Å². The molecule has 2 aromatic rings. The molecule has 0 radical (unpaired) electrons. The zero-order valence-electron chi connectivity index (χ0n) is 11.4. The fourth-order valence-corrected chi connectivity index (χ4v) is 2.92. The second-order valence-corrected chi connectivity index (χ2v) is 6.02. The smallest absolute Gasteiger partial charge is 0.135 e. The van der Waals surface area contributed by atoms with Crippen LogP contribution in [0.5, 0.6) is 0 Å². The molecule has 5 heteroatoms. The Kier molecular flexibility index (Phi) is 4.04. The number of hydrogen-bond donors (Lipinski definition) is 0. The highest BCUT2D eigenvalue weighted by Crippen LogP contribution is 2.37. The van der Waals surface area contributed by atoms with Gasteiger partial charge in [0.05, 0.1) is 29.3 Å². The summed E-state index contributed by atoms with van der Waals surface area (Å²) in [7, 11) is 0. The summed E-state index contributed by atoms with van der Waals surface area (Å²) in [6.45, 7) is 0. The molecule has 0 N–H and O–H groups in total. The Hall–Kier alpha value is -2.06.